The molecule has 0 fully saturated rings. The summed E-state index contributed by atoms with van der Waals surface area (Å²) in [5.41, 5.74) is 8.86. The number of fused-ring (bicyclic) bond motifs is 2. The first-order valence-electron chi connectivity index (χ1n) is 13.6. The van der Waals surface area contributed by atoms with Gasteiger partial charge in [0.25, 0.3) is 0 Å². The third kappa shape index (κ3) is 4.30. The Hall–Kier alpha value is -5.22. The predicted octanol–water partition coefficient (Wildman–Crippen LogP) is 8.12. The summed E-state index contributed by atoms with van der Waals surface area (Å²) in [5, 5.41) is 0. The Bertz CT molecular complexity index is 1650. The summed E-state index contributed by atoms with van der Waals surface area (Å²) >= 11 is 0. The van der Waals surface area contributed by atoms with Gasteiger partial charge < -0.3 is 14.5 Å². The first-order chi connectivity index (χ1) is 19.9. The maximum absolute atomic E-state index is 6.67. The Kier molecular flexibility index (Phi) is 6.27. The van der Waals surface area contributed by atoms with Crippen LogP contribution in [0.25, 0.3) is 0 Å². The van der Waals surface area contributed by atoms with E-state index >= 15 is 0 Å². The number of hydrogen-bond donors (Lipinski definition) is 0. The smallest absolute Gasteiger partial charge is 0.430 e. The molecule has 0 spiro atoms. The molecule has 0 amide bonds. The van der Waals surface area contributed by atoms with Crippen LogP contribution in [0, 0.1) is 0 Å². The van der Waals surface area contributed by atoms with Crippen LogP contribution in [-0.4, -0.2) is 6.92 Å². The van der Waals surface area contributed by atoms with Crippen LogP contribution in [-0.2, 0) is 0 Å². The highest BCUT2D eigenvalue weighted by Gasteiger charge is 2.38. The van der Waals surface area contributed by atoms with E-state index in [0.717, 1.165) is 50.8 Å². The van der Waals surface area contributed by atoms with Crippen molar-refractivity contribution >= 4 is 52.0 Å². The summed E-state index contributed by atoms with van der Waals surface area (Å²) in [7, 11) is 0. The zero-order valence-corrected chi connectivity index (χ0v) is 22.0. The van der Waals surface area contributed by atoms with Crippen molar-refractivity contribution < 1.29 is 4.65 Å². The average molecular weight is 514 g/mol. The highest BCUT2D eigenvalue weighted by Crippen LogP contribution is 2.45. The molecule has 1 aliphatic heterocycles. The minimum atomic E-state index is -0.224. The molecule has 40 heavy (non-hydrogen) atoms. The van der Waals surface area contributed by atoms with Crippen molar-refractivity contribution in [3.05, 3.63) is 164 Å². The van der Waals surface area contributed by atoms with Crippen molar-refractivity contribution in [1.29, 1.82) is 0 Å². The summed E-state index contributed by atoms with van der Waals surface area (Å²) in [6.45, 7) is -0.224. The summed E-state index contributed by atoms with van der Waals surface area (Å²) < 4.78 is 6.67. The second kappa shape index (κ2) is 10.5. The molecule has 0 N–H and O–H groups in total. The van der Waals surface area contributed by atoms with Crippen molar-refractivity contribution in [1.82, 2.24) is 0 Å². The van der Waals surface area contributed by atoms with Gasteiger partial charge in [-0.25, -0.2) is 0 Å². The quantitative estimate of drug-likeness (QED) is 0.209. The maximum Gasteiger partial charge on any atom is 0.430 e. The average Bonchev–Trinajstić information content (AvgIpc) is 3.03. The first kappa shape index (κ1) is 23.9. The van der Waals surface area contributed by atoms with Gasteiger partial charge in [-0.1, -0.05) is 103 Å². The molecule has 0 atom stereocenters. The van der Waals surface area contributed by atoms with E-state index < -0.39 is 0 Å². The molecular weight excluding hydrogens is 487 g/mol. The van der Waals surface area contributed by atoms with E-state index in [2.05, 4.69) is 143 Å². The van der Waals surface area contributed by atoms with Gasteiger partial charge in [-0.15, -0.1) is 0 Å². The number of hydrogen-bond acceptors (Lipinski definition) is 3. The first-order valence-corrected chi connectivity index (χ1v) is 13.6. The number of para-hydroxylation sites is 7. The summed E-state index contributed by atoms with van der Waals surface area (Å²) in [4.78, 5) is 4.71. The van der Waals surface area contributed by atoms with Gasteiger partial charge in [-0.2, -0.15) is 0 Å². The fraction of sp³-hybridized carbons (Fsp3) is 0. The van der Waals surface area contributed by atoms with Crippen molar-refractivity contribution in [2.24, 2.45) is 0 Å². The molecule has 0 bridgehead atoms. The molecule has 0 aliphatic carbocycles. The Labute approximate surface area is 235 Å². The van der Waals surface area contributed by atoms with Crippen LogP contribution >= 0.6 is 0 Å². The van der Waals surface area contributed by atoms with Crippen LogP contribution in [0.4, 0.5) is 34.1 Å². The number of benzene rings is 6. The third-order valence-electron chi connectivity index (χ3n) is 7.31. The molecule has 0 radical (unpaired) electrons. The van der Waals surface area contributed by atoms with Crippen LogP contribution < -0.4 is 25.4 Å². The van der Waals surface area contributed by atoms with Gasteiger partial charge in [-0.05, 0) is 71.6 Å². The monoisotopic (exact) mass is 514 g/mol. The van der Waals surface area contributed by atoms with Crippen LogP contribution in [0.1, 0.15) is 0 Å². The van der Waals surface area contributed by atoms with E-state index in [-0.39, 0.29) is 6.92 Å². The number of anilines is 6. The third-order valence-corrected chi connectivity index (χ3v) is 7.31. The Morgan fingerprint density at radius 1 is 0.425 bits per heavy atom. The molecule has 190 valence electrons. The zero-order valence-electron chi connectivity index (χ0n) is 22.0. The lowest BCUT2D eigenvalue weighted by Gasteiger charge is -2.38. The van der Waals surface area contributed by atoms with Gasteiger partial charge in [0.2, 0.25) is 0 Å². The standard InChI is InChI=1S/C36H27BN2O/c1-4-16-28(17-5-1)38(29-18-6-2-7-19-29)35-26-14-15-27-36(35)39-33-24-12-10-22-31(33)37(32-23-11-13-25-34(32)39)40-30-20-8-3-9-21-30/h1-27H. The second-order valence-corrected chi connectivity index (χ2v) is 9.76. The second-order valence-electron chi connectivity index (χ2n) is 9.76. The molecule has 4 heteroatoms. The van der Waals surface area contributed by atoms with E-state index in [9.17, 15) is 0 Å². The maximum atomic E-state index is 6.67. The van der Waals surface area contributed by atoms with E-state index in [1.165, 1.54) is 0 Å². The van der Waals surface area contributed by atoms with Crippen molar-refractivity contribution in [3.8, 4) is 5.75 Å². The topological polar surface area (TPSA) is 15.7 Å². The van der Waals surface area contributed by atoms with Gasteiger partial charge >= 0.3 is 6.92 Å². The molecule has 6 aromatic rings. The highest BCUT2D eigenvalue weighted by atomic mass is 16.4. The Morgan fingerprint density at radius 3 is 1.40 bits per heavy atom. The van der Waals surface area contributed by atoms with Gasteiger partial charge in [-0.3, -0.25) is 0 Å². The molecule has 0 unspecified atom stereocenters. The lowest BCUT2D eigenvalue weighted by atomic mass is 9.52. The molecule has 1 heterocycles. The predicted molar refractivity (Wildman–Crippen MR) is 168 cm³/mol. The SMILES string of the molecule is c1ccc(OB2c3ccccc3N(c3ccccc3N(c3ccccc3)c3ccccc3)c3ccccc32)cc1. The molecule has 0 saturated carbocycles. The molecule has 3 nitrogen and oxygen atoms in total. The molecule has 1 aliphatic rings. The van der Waals surface area contributed by atoms with E-state index in [4.69, 9.17) is 4.65 Å². The zero-order chi connectivity index (χ0) is 26.7. The van der Waals surface area contributed by atoms with Crippen LogP contribution in [0.2, 0.25) is 0 Å². The van der Waals surface area contributed by atoms with Crippen LogP contribution in [0.15, 0.2) is 164 Å². The summed E-state index contributed by atoms with van der Waals surface area (Å²) in [6, 6.07) is 57.0. The molecule has 0 aromatic heterocycles. The molecule has 0 saturated heterocycles. The lowest BCUT2D eigenvalue weighted by molar-refractivity contribution is 0.591. The Balaban J connectivity index is 1.43. The van der Waals surface area contributed by atoms with E-state index in [1.807, 2.05) is 30.3 Å². The minimum absolute atomic E-state index is 0.224. The van der Waals surface area contributed by atoms with Crippen molar-refractivity contribution in [3.63, 3.8) is 0 Å². The molecular formula is C36H27BN2O. The largest absolute Gasteiger partial charge is 0.551 e. The minimum Gasteiger partial charge on any atom is -0.551 e. The van der Waals surface area contributed by atoms with Crippen LogP contribution in [0.5, 0.6) is 5.75 Å². The number of nitrogens with zero attached hydrogens (tertiary/aromatic N) is 2. The summed E-state index contributed by atoms with van der Waals surface area (Å²) in [6.07, 6.45) is 0. The number of rotatable bonds is 6. The van der Waals surface area contributed by atoms with Gasteiger partial charge in [0, 0.05) is 22.7 Å². The van der Waals surface area contributed by atoms with Gasteiger partial charge in [0.15, 0.2) is 0 Å². The van der Waals surface area contributed by atoms with Gasteiger partial charge in [0.05, 0.1) is 17.1 Å². The summed E-state index contributed by atoms with van der Waals surface area (Å²) in [5.74, 6) is 0.852. The van der Waals surface area contributed by atoms with Crippen molar-refractivity contribution in [2.75, 3.05) is 9.80 Å². The van der Waals surface area contributed by atoms with Gasteiger partial charge in [0.1, 0.15) is 0 Å². The van der Waals surface area contributed by atoms with E-state index in [1.54, 1.807) is 0 Å². The Morgan fingerprint density at radius 2 is 0.850 bits per heavy atom. The fourth-order valence-electron chi connectivity index (χ4n) is 5.57. The molecule has 7 rings (SSSR count). The normalized spacial score (nSPS) is 11.9. The van der Waals surface area contributed by atoms with Crippen molar-refractivity contribution in [2.45, 2.75) is 0 Å². The fourth-order valence-corrected chi connectivity index (χ4v) is 5.57. The lowest BCUT2D eigenvalue weighted by Crippen LogP contribution is -2.54. The highest BCUT2D eigenvalue weighted by molar-refractivity contribution is 6.84. The van der Waals surface area contributed by atoms with Crippen LogP contribution in [0.3, 0.4) is 0 Å². The molecule has 6 aromatic carbocycles. The van der Waals surface area contributed by atoms with E-state index in [0.29, 0.717) is 0 Å².